The van der Waals surface area contributed by atoms with E-state index in [0.29, 0.717) is 29.2 Å². The Morgan fingerprint density at radius 2 is 1.92 bits per heavy atom. The van der Waals surface area contributed by atoms with Crippen LogP contribution in [0.4, 0.5) is 5.69 Å². The third-order valence-electron chi connectivity index (χ3n) is 3.98. The molecule has 132 valence electrons. The number of hydrogen-bond donors (Lipinski definition) is 0. The van der Waals surface area contributed by atoms with Crippen molar-refractivity contribution < 1.29 is 19.2 Å². The number of nitrogens with zero attached hydrogens (tertiary/aromatic N) is 2. The molecule has 0 N–H and O–H groups in total. The minimum absolute atomic E-state index is 0.0683. The summed E-state index contributed by atoms with van der Waals surface area (Å²) in [5.41, 5.74) is 1.40. The molecule has 7 heteroatoms. The number of nitro groups is 1. The molecule has 2 aromatic rings. The molecule has 0 aliphatic rings. The lowest BCUT2D eigenvalue weighted by Gasteiger charge is -2.20. The fraction of sp³-hybridized carbons (Fsp3) is 0.278. The molecule has 7 nitrogen and oxygen atoms in total. The fourth-order valence-electron chi connectivity index (χ4n) is 2.57. The molecule has 2 rings (SSSR count). The monoisotopic (exact) mass is 344 g/mol. The zero-order valence-corrected chi connectivity index (χ0v) is 14.6. The van der Waals surface area contributed by atoms with Crippen LogP contribution in [0.5, 0.6) is 11.5 Å². The van der Waals surface area contributed by atoms with Gasteiger partial charge in [0.1, 0.15) is 11.5 Å². The minimum Gasteiger partial charge on any atom is -0.497 e. The van der Waals surface area contributed by atoms with E-state index in [1.165, 1.54) is 17.0 Å². The van der Waals surface area contributed by atoms with Gasteiger partial charge in [0.05, 0.1) is 19.1 Å². The van der Waals surface area contributed by atoms with Crippen molar-refractivity contribution in [1.29, 1.82) is 0 Å². The maximum atomic E-state index is 12.7. The number of carbonyl (C=O) groups is 1. The molecule has 0 bridgehead atoms. The van der Waals surface area contributed by atoms with Gasteiger partial charge < -0.3 is 14.4 Å². The van der Waals surface area contributed by atoms with E-state index in [9.17, 15) is 14.9 Å². The molecule has 0 saturated carbocycles. The van der Waals surface area contributed by atoms with Gasteiger partial charge in [0.2, 0.25) is 0 Å². The fourth-order valence-corrected chi connectivity index (χ4v) is 2.57. The summed E-state index contributed by atoms with van der Waals surface area (Å²) in [6.45, 7) is 1.88. The Bertz CT molecular complexity index is 804. The molecule has 0 aromatic heterocycles. The van der Waals surface area contributed by atoms with E-state index in [-0.39, 0.29) is 11.6 Å². The van der Waals surface area contributed by atoms with Gasteiger partial charge in [0, 0.05) is 42.4 Å². The van der Waals surface area contributed by atoms with Crippen molar-refractivity contribution in [2.24, 2.45) is 0 Å². The van der Waals surface area contributed by atoms with Crippen molar-refractivity contribution in [3.05, 3.63) is 63.2 Å². The summed E-state index contributed by atoms with van der Waals surface area (Å²) >= 11 is 0. The molecular weight excluding hydrogens is 324 g/mol. The Hall–Kier alpha value is -3.09. The van der Waals surface area contributed by atoms with Gasteiger partial charge in [-0.05, 0) is 25.1 Å². The summed E-state index contributed by atoms with van der Waals surface area (Å²) in [6.07, 6.45) is 0. The number of carbonyl (C=O) groups excluding carboxylic acids is 1. The van der Waals surface area contributed by atoms with E-state index >= 15 is 0 Å². The first-order valence-electron chi connectivity index (χ1n) is 7.59. The summed E-state index contributed by atoms with van der Waals surface area (Å²) in [4.78, 5) is 24.8. The number of hydrogen-bond acceptors (Lipinski definition) is 5. The molecule has 0 atom stereocenters. The Morgan fingerprint density at radius 1 is 1.20 bits per heavy atom. The highest BCUT2D eigenvalue weighted by Gasteiger charge is 2.21. The highest BCUT2D eigenvalue weighted by atomic mass is 16.6. The summed E-state index contributed by atoms with van der Waals surface area (Å²) in [5, 5.41) is 11.1. The van der Waals surface area contributed by atoms with Crippen LogP contribution < -0.4 is 9.47 Å². The highest BCUT2D eigenvalue weighted by Crippen LogP contribution is 2.27. The minimum atomic E-state index is -0.487. The van der Waals surface area contributed by atoms with Crippen LogP contribution in [0.15, 0.2) is 36.4 Å². The summed E-state index contributed by atoms with van der Waals surface area (Å²) in [5.74, 6) is 0.970. The Kier molecular flexibility index (Phi) is 5.59. The summed E-state index contributed by atoms with van der Waals surface area (Å²) < 4.78 is 10.5. The van der Waals surface area contributed by atoms with Gasteiger partial charge in [0.15, 0.2) is 0 Å². The number of benzene rings is 2. The summed E-state index contributed by atoms with van der Waals surface area (Å²) in [7, 11) is 4.75. The Morgan fingerprint density at radius 3 is 2.52 bits per heavy atom. The van der Waals surface area contributed by atoms with Crippen molar-refractivity contribution in [2.75, 3.05) is 21.3 Å². The van der Waals surface area contributed by atoms with Crippen molar-refractivity contribution in [1.82, 2.24) is 4.90 Å². The molecule has 25 heavy (non-hydrogen) atoms. The normalized spacial score (nSPS) is 10.2. The Balaban J connectivity index is 2.27. The quantitative estimate of drug-likeness (QED) is 0.594. The van der Waals surface area contributed by atoms with Crippen molar-refractivity contribution in [3.63, 3.8) is 0 Å². The van der Waals surface area contributed by atoms with Gasteiger partial charge in [-0.25, -0.2) is 0 Å². The van der Waals surface area contributed by atoms with Crippen LogP contribution in [0.3, 0.4) is 0 Å². The van der Waals surface area contributed by atoms with E-state index < -0.39 is 4.92 Å². The standard InChI is InChI=1S/C18H20N2O5/c1-12-15(6-5-7-16(12)20(22)23)18(21)19(2)11-13-8-9-14(24-3)10-17(13)25-4/h5-10H,11H2,1-4H3. The average molecular weight is 344 g/mol. The highest BCUT2D eigenvalue weighted by molar-refractivity contribution is 5.96. The van der Waals surface area contributed by atoms with E-state index in [1.807, 2.05) is 6.07 Å². The van der Waals surface area contributed by atoms with Gasteiger partial charge >= 0.3 is 0 Å². The van der Waals surface area contributed by atoms with Gasteiger partial charge in [-0.3, -0.25) is 14.9 Å². The predicted octanol–water partition coefficient (Wildman–Crippen LogP) is 3.19. The van der Waals surface area contributed by atoms with Crippen molar-refractivity contribution >= 4 is 11.6 Å². The van der Waals surface area contributed by atoms with Crippen LogP contribution in [-0.4, -0.2) is 37.0 Å². The molecular formula is C18H20N2O5. The average Bonchev–Trinajstić information content (AvgIpc) is 2.61. The van der Waals surface area contributed by atoms with Crippen molar-refractivity contribution in [2.45, 2.75) is 13.5 Å². The Labute approximate surface area is 145 Å². The van der Waals surface area contributed by atoms with E-state index in [1.54, 1.807) is 46.4 Å². The van der Waals surface area contributed by atoms with Gasteiger partial charge in [0.25, 0.3) is 11.6 Å². The van der Waals surface area contributed by atoms with E-state index in [2.05, 4.69) is 0 Å². The molecule has 0 unspecified atom stereocenters. The maximum absolute atomic E-state index is 12.7. The number of ether oxygens (including phenoxy) is 2. The summed E-state index contributed by atoms with van der Waals surface area (Å²) in [6, 6.07) is 9.84. The third kappa shape index (κ3) is 3.88. The smallest absolute Gasteiger partial charge is 0.273 e. The van der Waals surface area contributed by atoms with Gasteiger partial charge in [-0.15, -0.1) is 0 Å². The van der Waals surface area contributed by atoms with E-state index in [4.69, 9.17) is 9.47 Å². The van der Waals surface area contributed by atoms with Crippen molar-refractivity contribution in [3.8, 4) is 11.5 Å². The van der Waals surface area contributed by atoms with Crippen LogP contribution >= 0.6 is 0 Å². The lowest BCUT2D eigenvalue weighted by molar-refractivity contribution is -0.385. The first kappa shape index (κ1) is 18.3. The second kappa shape index (κ2) is 7.65. The van der Waals surface area contributed by atoms with Crippen LogP contribution in [0.1, 0.15) is 21.5 Å². The molecule has 0 heterocycles. The van der Waals surface area contributed by atoms with Crippen LogP contribution in [0, 0.1) is 17.0 Å². The first-order chi connectivity index (χ1) is 11.9. The molecule has 1 amide bonds. The van der Waals surface area contributed by atoms with Gasteiger partial charge in [-0.2, -0.15) is 0 Å². The largest absolute Gasteiger partial charge is 0.497 e. The van der Waals surface area contributed by atoms with E-state index in [0.717, 1.165) is 5.56 Å². The molecule has 0 aliphatic heterocycles. The van der Waals surface area contributed by atoms with Crippen LogP contribution in [0.2, 0.25) is 0 Å². The number of nitro benzene ring substituents is 1. The number of rotatable bonds is 6. The number of amides is 1. The van der Waals surface area contributed by atoms with Crippen LogP contribution in [-0.2, 0) is 6.54 Å². The topological polar surface area (TPSA) is 81.9 Å². The second-order valence-corrected chi connectivity index (χ2v) is 5.55. The predicted molar refractivity (Wildman–Crippen MR) is 93.2 cm³/mol. The molecule has 0 saturated heterocycles. The lowest BCUT2D eigenvalue weighted by atomic mass is 10.1. The molecule has 0 aliphatic carbocycles. The molecule has 0 fully saturated rings. The molecule has 2 aromatic carbocycles. The maximum Gasteiger partial charge on any atom is 0.273 e. The lowest BCUT2D eigenvalue weighted by Crippen LogP contribution is -2.27. The molecule has 0 radical (unpaired) electrons. The molecule has 0 spiro atoms. The van der Waals surface area contributed by atoms with Gasteiger partial charge in [-0.1, -0.05) is 6.07 Å². The zero-order chi connectivity index (χ0) is 18.6. The number of methoxy groups -OCH3 is 2. The third-order valence-corrected chi connectivity index (χ3v) is 3.98. The zero-order valence-electron chi connectivity index (χ0n) is 14.6. The SMILES string of the molecule is COc1ccc(CN(C)C(=O)c2cccc([N+](=O)[O-])c2C)c(OC)c1. The second-order valence-electron chi connectivity index (χ2n) is 5.55. The van der Waals surface area contributed by atoms with Crippen LogP contribution in [0.25, 0.3) is 0 Å². The first-order valence-corrected chi connectivity index (χ1v) is 7.59.